The standard InChI is InChI=1S/C16H33NO3/c1-3-10-19-11-4-9-17-12-15(18)13-20-16-7-5-14(2)6-8-16/h14-18H,3-13H2,1-2H3. The van der Waals surface area contributed by atoms with Crippen molar-refractivity contribution in [3.63, 3.8) is 0 Å². The van der Waals surface area contributed by atoms with E-state index in [0.717, 1.165) is 51.4 Å². The highest BCUT2D eigenvalue weighted by molar-refractivity contribution is 4.71. The second-order valence-electron chi connectivity index (χ2n) is 6.04. The number of rotatable bonds is 11. The lowest BCUT2D eigenvalue weighted by Gasteiger charge is -2.27. The van der Waals surface area contributed by atoms with Gasteiger partial charge in [0.25, 0.3) is 0 Å². The van der Waals surface area contributed by atoms with Crippen molar-refractivity contribution in [3.05, 3.63) is 0 Å². The SMILES string of the molecule is CCCOCCCNCC(O)COC1CCC(C)CC1. The Labute approximate surface area is 124 Å². The smallest absolute Gasteiger partial charge is 0.0897 e. The van der Waals surface area contributed by atoms with Crippen LogP contribution in [0, 0.1) is 5.92 Å². The molecule has 0 heterocycles. The summed E-state index contributed by atoms with van der Waals surface area (Å²) in [5.74, 6) is 0.844. The molecular weight excluding hydrogens is 254 g/mol. The van der Waals surface area contributed by atoms with Gasteiger partial charge in [0.15, 0.2) is 0 Å². The summed E-state index contributed by atoms with van der Waals surface area (Å²) in [6.45, 7) is 8.02. The fraction of sp³-hybridized carbons (Fsp3) is 1.00. The maximum absolute atomic E-state index is 9.85. The number of aliphatic hydroxyl groups excluding tert-OH is 1. The molecule has 1 aliphatic carbocycles. The summed E-state index contributed by atoms with van der Waals surface area (Å²) in [6.07, 6.45) is 6.85. The lowest BCUT2D eigenvalue weighted by Crippen LogP contribution is -2.33. The topological polar surface area (TPSA) is 50.7 Å². The minimum Gasteiger partial charge on any atom is -0.389 e. The molecular formula is C16H33NO3. The summed E-state index contributed by atoms with van der Waals surface area (Å²) in [6, 6.07) is 0. The molecule has 2 N–H and O–H groups in total. The molecule has 0 amide bonds. The Balaban J connectivity index is 1.89. The van der Waals surface area contributed by atoms with Crippen molar-refractivity contribution in [2.45, 2.75) is 64.6 Å². The molecule has 4 nitrogen and oxygen atoms in total. The predicted octanol–water partition coefficient (Wildman–Crippen LogP) is 2.35. The van der Waals surface area contributed by atoms with Crippen LogP contribution in [-0.4, -0.2) is 50.2 Å². The molecule has 1 aliphatic rings. The molecule has 0 radical (unpaired) electrons. The maximum atomic E-state index is 9.85. The Morgan fingerprint density at radius 3 is 2.65 bits per heavy atom. The first-order chi connectivity index (χ1) is 9.72. The first kappa shape index (κ1) is 17.9. The molecule has 4 heteroatoms. The lowest BCUT2D eigenvalue weighted by atomic mass is 9.89. The molecule has 1 unspecified atom stereocenters. The summed E-state index contributed by atoms with van der Waals surface area (Å²) in [5, 5.41) is 13.1. The van der Waals surface area contributed by atoms with Crippen LogP contribution in [0.4, 0.5) is 0 Å². The van der Waals surface area contributed by atoms with Gasteiger partial charge in [-0.2, -0.15) is 0 Å². The van der Waals surface area contributed by atoms with E-state index >= 15 is 0 Å². The van der Waals surface area contributed by atoms with Crippen LogP contribution in [0.1, 0.15) is 52.4 Å². The van der Waals surface area contributed by atoms with Gasteiger partial charge < -0.3 is 19.9 Å². The normalized spacial score (nSPS) is 24.8. The van der Waals surface area contributed by atoms with E-state index < -0.39 is 6.10 Å². The van der Waals surface area contributed by atoms with E-state index in [2.05, 4.69) is 19.2 Å². The molecule has 1 saturated carbocycles. The van der Waals surface area contributed by atoms with E-state index in [4.69, 9.17) is 9.47 Å². The van der Waals surface area contributed by atoms with Crippen LogP contribution in [0.25, 0.3) is 0 Å². The highest BCUT2D eigenvalue weighted by Gasteiger charge is 2.19. The number of ether oxygens (including phenoxy) is 2. The van der Waals surface area contributed by atoms with Crippen LogP contribution in [0.3, 0.4) is 0 Å². The Morgan fingerprint density at radius 1 is 1.20 bits per heavy atom. The number of hydrogen-bond donors (Lipinski definition) is 2. The van der Waals surface area contributed by atoms with Gasteiger partial charge in [-0.3, -0.25) is 0 Å². The van der Waals surface area contributed by atoms with Crippen molar-refractivity contribution < 1.29 is 14.6 Å². The van der Waals surface area contributed by atoms with Gasteiger partial charge >= 0.3 is 0 Å². The molecule has 0 aliphatic heterocycles. The third kappa shape index (κ3) is 8.90. The van der Waals surface area contributed by atoms with E-state index in [1.807, 2.05) is 0 Å². The van der Waals surface area contributed by atoms with Crippen molar-refractivity contribution >= 4 is 0 Å². The molecule has 0 spiro atoms. The van der Waals surface area contributed by atoms with Crippen molar-refractivity contribution in [2.24, 2.45) is 5.92 Å². The Hall–Kier alpha value is -0.160. The zero-order chi connectivity index (χ0) is 14.6. The van der Waals surface area contributed by atoms with Gasteiger partial charge in [0.2, 0.25) is 0 Å². The minimum absolute atomic E-state index is 0.364. The first-order valence-corrected chi connectivity index (χ1v) is 8.30. The molecule has 0 saturated heterocycles. The number of nitrogens with one attached hydrogen (secondary N) is 1. The third-order valence-corrected chi connectivity index (χ3v) is 3.86. The van der Waals surface area contributed by atoms with Gasteiger partial charge in [0.1, 0.15) is 0 Å². The van der Waals surface area contributed by atoms with Gasteiger partial charge in [-0.15, -0.1) is 0 Å². The molecule has 1 atom stereocenters. The molecule has 120 valence electrons. The van der Waals surface area contributed by atoms with E-state index in [1.54, 1.807) is 0 Å². The van der Waals surface area contributed by atoms with E-state index in [1.165, 1.54) is 12.8 Å². The minimum atomic E-state index is -0.397. The fourth-order valence-electron chi connectivity index (χ4n) is 2.52. The van der Waals surface area contributed by atoms with Gasteiger partial charge in [-0.05, 0) is 51.0 Å². The molecule has 0 aromatic carbocycles. The largest absolute Gasteiger partial charge is 0.389 e. The average Bonchev–Trinajstić information content (AvgIpc) is 2.46. The van der Waals surface area contributed by atoms with Crippen LogP contribution in [0.2, 0.25) is 0 Å². The van der Waals surface area contributed by atoms with Crippen LogP contribution >= 0.6 is 0 Å². The van der Waals surface area contributed by atoms with Crippen LogP contribution in [0.15, 0.2) is 0 Å². The van der Waals surface area contributed by atoms with Gasteiger partial charge in [0, 0.05) is 19.8 Å². The molecule has 0 bridgehead atoms. The van der Waals surface area contributed by atoms with E-state index in [9.17, 15) is 5.11 Å². The highest BCUT2D eigenvalue weighted by atomic mass is 16.5. The van der Waals surface area contributed by atoms with E-state index in [-0.39, 0.29) is 0 Å². The summed E-state index contributed by atoms with van der Waals surface area (Å²) < 4.78 is 11.2. The fourth-order valence-corrected chi connectivity index (χ4v) is 2.52. The number of aliphatic hydroxyl groups is 1. The highest BCUT2D eigenvalue weighted by Crippen LogP contribution is 2.25. The quantitative estimate of drug-likeness (QED) is 0.573. The monoisotopic (exact) mass is 287 g/mol. The lowest BCUT2D eigenvalue weighted by molar-refractivity contribution is -0.0278. The second-order valence-corrected chi connectivity index (χ2v) is 6.04. The molecule has 1 fully saturated rings. The summed E-state index contributed by atoms with van der Waals surface area (Å²) in [4.78, 5) is 0. The predicted molar refractivity (Wildman–Crippen MR) is 82.0 cm³/mol. The second kappa shape index (κ2) is 11.5. The van der Waals surface area contributed by atoms with Crippen molar-refractivity contribution in [1.29, 1.82) is 0 Å². The third-order valence-electron chi connectivity index (χ3n) is 3.86. The van der Waals surface area contributed by atoms with Crippen molar-refractivity contribution in [3.8, 4) is 0 Å². The Bertz CT molecular complexity index is 218. The Morgan fingerprint density at radius 2 is 1.95 bits per heavy atom. The first-order valence-electron chi connectivity index (χ1n) is 8.30. The molecule has 1 rings (SSSR count). The van der Waals surface area contributed by atoms with E-state index in [0.29, 0.717) is 19.3 Å². The van der Waals surface area contributed by atoms with Crippen LogP contribution < -0.4 is 5.32 Å². The van der Waals surface area contributed by atoms with Gasteiger partial charge in [-0.1, -0.05) is 13.8 Å². The summed E-state index contributed by atoms with van der Waals surface area (Å²) in [5.41, 5.74) is 0. The molecule has 0 aromatic rings. The zero-order valence-electron chi connectivity index (χ0n) is 13.3. The molecule has 20 heavy (non-hydrogen) atoms. The van der Waals surface area contributed by atoms with Crippen LogP contribution in [-0.2, 0) is 9.47 Å². The molecule has 0 aromatic heterocycles. The number of hydrogen-bond acceptors (Lipinski definition) is 4. The van der Waals surface area contributed by atoms with Crippen molar-refractivity contribution in [2.75, 3.05) is 32.9 Å². The summed E-state index contributed by atoms with van der Waals surface area (Å²) in [7, 11) is 0. The van der Waals surface area contributed by atoms with Gasteiger partial charge in [0.05, 0.1) is 18.8 Å². The van der Waals surface area contributed by atoms with Crippen molar-refractivity contribution in [1.82, 2.24) is 5.32 Å². The average molecular weight is 287 g/mol. The van der Waals surface area contributed by atoms with Gasteiger partial charge in [-0.25, -0.2) is 0 Å². The Kier molecular flexibility index (Phi) is 10.3. The maximum Gasteiger partial charge on any atom is 0.0897 e. The zero-order valence-corrected chi connectivity index (χ0v) is 13.3. The van der Waals surface area contributed by atoms with Crippen LogP contribution in [0.5, 0.6) is 0 Å². The summed E-state index contributed by atoms with van der Waals surface area (Å²) >= 11 is 0.